The van der Waals surface area contributed by atoms with Gasteiger partial charge in [-0.2, -0.15) is 0 Å². The number of hydrogen-bond donors (Lipinski definition) is 2. The van der Waals surface area contributed by atoms with Gasteiger partial charge in [0, 0.05) is 51.7 Å². The van der Waals surface area contributed by atoms with Crippen molar-refractivity contribution in [2.75, 3.05) is 65.6 Å². The van der Waals surface area contributed by atoms with Crippen molar-refractivity contribution in [1.29, 1.82) is 0 Å². The normalized spacial score (nSPS) is 20.1. The van der Waals surface area contributed by atoms with Crippen LogP contribution in [0.1, 0.15) is 38.4 Å². The highest BCUT2D eigenvalue weighted by molar-refractivity contribution is 5.80. The van der Waals surface area contributed by atoms with Gasteiger partial charge in [-0.05, 0) is 37.9 Å². The standard InChI is InChI=1S/C22H39N5O2/c1-2-3-11-26-12-7-20(8-13-26)25-22(23-9-6-21-5-4-17-29-21)24-10-14-27-15-18-28-19-16-27/h4-5,17,20H,2-3,6-16,18-19H2,1H3,(H2,23,24,25). The molecule has 2 fully saturated rings. The fourth-order valence-corrected chi connectivity index (χ4v) is 3.92. The van der Waals surface area contributed by atoms with Crippen LogP contribution in [0.3, 0.4) is 0 Å². The van der Waals surface area contributed by atoms with Crippen molar-refractivity contribution in [3.8, 4) is 0 Å². The number of ether oxygens (including phenoxy) is 1. The lowest BCUT2D eigenvalue weighted by molar-refractivity contribution is 0.0394. The molecule has 0 radical (unpaired) electrons. The first kappa shape index (κ1) is 22.1. The number of guanidine groups is 1. The second kappa shape index (κ2) is 12.9. The Morgan fingerprint density at radius 1 is 1.14 bits per heavy atom. The van der Waals surface area contributed by atoms with Gasteiger partial charge in [-0.3, -0.25) is 9.89 Å². The van der Waals surface area contributed by atoms with Crippen LogP contribution in [0.15, 0.2) is 27.8 Å². The highest BCUT2D eigenvalue weighted by atomic mass is 16.5. The third-order valence-corrected chi connectivity index (χ3v) is 5.79. The summed E-state index contributed by atoms with van der Waals surface area (Å²) in [7, 11) is 0. The SMILES string of the molecule is CCCCN1CCC(NC(=NCCN2CCOCC2)NCCc2ccco2)CC1. The lowest BCUT2D eigenvalue weighted by Gasteiger charge is -2.33. The van der Waals surface area contributed by atoms with E-state index in [1.165, 1.54) is 45.3 Å². The van der Waals surface area contributed by atoms with Gasteiger partial charge in [0.1, 0.15) is 5.76 Å². The Kier molecular flexibility index (Phi) is 9.82. The second-order valence-corrected chi connectivity index (χ2v) is 8.05. The van der Waals surface area contributed by atoms with Crippen LogP contribution in [0.2, 0.25) is 0 Å². The largest absolute Gasteiger partial charge is 0.469 e. The number of nitrogens with one attached hydrogen (secondary N) is 2. The molecule has 0 atom stereocenters. The summed E-state index contributed by atoms with van der Waals surface area (Å²) >= 11 is 0. The molecule has 1 aromatic rings. The predicted octanol–water partition coefficient (Wildman–Crippen LogP) is 1.95. The number of unbranched alkanes of at least 4 members (excludes halogenated alkanes) is 1. The van der Waals surface area contributed by atoms with Gasteiger partial charge >= 0.3 is 0 Å². The molecule has 1 aromatic heterocycles. The van der Waals surface area contributed by atoms with Crippen LogP contribution in [-0.4, -0.2) is 87.4 Å². The zero-order chi connectivity index (χ0) is 20.2. The summed E-state index contributed by atoms with van der Waals surface area (Å²) in [4.78, 5) is 9.90. The maximum absolute atomic E-state index is 5.45. The molecule has 0 saturated carbocycles. The molecule has 2 saturated heterocycles. The minimum atomic E-state index is 0.506. The highest BCUT2D eigenvalue weighted by Gasteiger charge is 2.19. The Hall–Kier alpha value is -1.57. The average molecular weight is 406 g/mol. The Bertz CT molecular complexity index is 564. The van der Waals surface area contributed by atoms with Crippen molar-refractivity contribution in [3.63, 3.8) is 0 Å². The summed E-state index contributed by atoms with van der Waals surface area (Å²) in [5, 5.41) is 7.20. The van der Waals surface area contributed by atoms with Crippen LogP contribution in [0.5, 0.6) is 0 Å². The maximum atomic E-state index is 5.45. The third kappa shape index (κ3) is 8.36. The number of piperidine rings is 1. The Morgan fingerprint density at radius 2 is 1.93 bits per heavy atom. The maximum Gasteiger partial charge on any atom is 0.191 e. The van der Waals surface area contributed by atoms with Gasteiger partial charge in [0.25, 0.3) is 0 Å². The van der Waals surface area contributed by atoms with Gasteiger partial charge in [0.2, 0.25) is 0 Å². The van der Waals surface area contributed by atoms with E-state index >= 15 is 0 Å². The Morgan fingerprint density at radius 3 is 2.66 bits per heavy atom. The van der Waals surface area contributed by atoms with Crippen LogP contribution in [-0.2, 0) is 11.2 Å². The van der Waals surface area contributed by atoms with Crippen molar-refractivity contribution in [1.82, 2.24) is 20.4 Å². The van der Waals surface area contributed by atoms with E-state index in [0.717, 1.165) is 64.1 Å². The van der Waals surface area contributed by atoms with E-state index in [1.807, 2.05) is 12.1 Å². The minimum Gasteiger partial charge on any atom is -0.469 e. The van der Waals surface area contributed by atoms with Crippen molar-refractivity contribution in [2.24, 2.45) is 4.99 Å². The van der Waals surface area contributed by atoms with Gasteiger partial charge in [0.15, 0.2) is 5.96 Å². The average Bonchev–Trinajstić information content (AvgIpc) is 3.27. The smallest absolute Gasteiger partial charge is 0.191 e. The molecule has 3 heterocycles. The summed E-state index contributed by atoms with van der Waals surface area (Å²) in [6.07, 6.45) is 7.56. The summed E-state index contributed by atoms with van der Waals surface area (Å²) in [5.74, 6) is 1.95. The molecular weight excluding hydrogens is 366 g/mol. The molecule has 2 aliphatic heterocycles. The molecule has 0 amide bonds. The van der Waals surface area contributed by atoms with E-state index in [4.69, 9.17) is 14.1 Å². The van der Waals surface area contributed by atoms with Gasteiger partial charge < -0.3 is 24.7 Å². The zero-order valence-electron chi connectivity index (χ0n) is 18.1. The van der Waals surface area contributed by atoms with Crippen molar-refractivity contribution >= 4 is 5.96 Å². The monoisotopic (exact) mass is 405 g/mol. The van der Waals surface area contributed by atoms with E-state index in [1.54, 1.807) is 6.26 Å². The Balaban J connectivity index is 1.44. The fourth-order valence-electron chi connectivity index (χ4n) is 3.92. The number of morpholine rings is 1. The zero-order valence-corrected chi connectivity index (χ0v) is 18.1. The first-order valence-electron chi connectivity index (χ1n) is 11.4. The van der Waals surface area contributed by atoms with Crippen molar-refractivity contribution in [2.45, 2.75) is 45.1 Å². The number of hydrogen-bond acceptors (Lipinski definition) is 5. The molecule has 29 heavy (non-hydrogen) atoms. The lowest BCUT2D eigenvalue weighted by Crippen LogP contribution is -2.49. The molecule has 3 rings (SSSR count). The van der Waals surface area contributed by atoms with E-state index in [0.29, 0.717) is 6.04 Å². The minimum absolute atomic E-state index is 0.506. The molecular formula is C22H39N5O2. The molecule has 0 spiro atoms. The van der Waals surface area contributed by atoms with Gasteiger partial charge in [-0.25, -0.2) is 0 Å². The van der Waals surface area contributed by atoms with E-state index in [-0.39, 0.29) is 0 Å². The molecule has 164 valence electrons. The molecule has 0 aromatic carbocycles. The number of nitrogens with zero attached hydrogens (tertiary/aromatic N) is 3. The van der Waals surface area contributed by atoms with Gasteiger partial charge in [0.05, 0.1) is 26.0 Å². The molecule has 2 aliphatic rings. The molecule has 2 N–H and O–H groups in total. The van der Waals surface area contributed by atoms with Crippen LogP contribution >= 0.6 is 0 Å². The summed E-state index contributed by atoms with van der Waals surface area (Å²) in [5.41, 5.74) is 0. The number of likely N-dealkylation sites (tertiary alicyclic amines) is 1. The highest BCUT2D eigenvalue weighted by Crippen LogP contribution is 2.11. The van der Waals surface area contributed by atoms with Crippen molar-refractivity contribution < 1.29 is 9.15 Å². The van der Waals surface area contributed by atoms with Crippen molar-refractivity contribution in [3.05, 3.63) is 24.2 Å². The van der Waals surface area contributed by atoms with Crippen LogP contribution in [0, 0.1) is 0 Å². The quantitative estimate of drug-likeness (QED) is 0.458. The van der Waals surface area contributed by atoms with E-state index in [9.17, 15) is 0 Å². The predicted molar refractivity (Wildman–Crippen MR) is 117 cm³/mol. The summed E-state index contributed by atoms with van der Waals surface area (Å²) < 4.78 is 10.9. The number of furan rings is 1. The second-order valence-electron chi connectivity index (χ2n) is 8.05. The van der Waals surface area contributed by atoms with E-state index < -0.39 is 0 Å². The van der Waals surface area contributed by atoms with Crippen LogP contribution in [0.4, 0.5) is 0 Å². The molecule has 7 nitrogen and oxygen atoms in total. The summed E-state index contributed by atoms with van der Waals surface area (Å²) in [6, 6.07) is 4.47. The Labute approximate surface area is 175 Å². The van der Waals surface area contributed by atoms with Crippen LogP contribution < -0.4 is 10.6 Å². The first-order valence-corrected chi connectivity index (χ1v) is 11.4. The lowest BCUT2D eigenvalue weighted by atomic mass is 10.0. The molecule has 0 bridgehead atoms. The van der Waals surface area contributed by atoms with Gasteiger partial charge in [-0.15, -0.1) is 0 Å². The number of rotatable bonds is 10. The molecule has 0 unspecified atom stereocenters. The number of aliphatic imine (C=N–C) groups is 1. The van der Waals surface area contributed by atoms with Crippen LogP contribution in [0.25, 0.3) is 0 Å². The van der Waals surface area contributed by atoms with Gasteiger partial charge in [-0.1, -0.05) is 13.3 Å². The summed E-state index contributed by atoms with van der Waals surface area (Å²) in [6.45, 7) is 12.2. The molecule has 0 aliphatic carbocycles. The topological polar surface area (TPSA) is 65.3 Å². The fraction of sp³-hybridized carbons (Fsp3) is 0.773. The van der Waals surface area contributed by atoms with E-state index in [2.05, 4.69) is 27.4 Å². The first-order chi connectivity index (χ1) is 14.3. The third-order valence-electron chi connectivity index (χ3n) is 5.79. The molecule has 7 heteroatoms.